The highest BCUT2D eigenvalue weighted by Gasteiger charge is 2.21. The zero-order valence-electron chi connectivity index (χ0n) is 10.6. The van der Waals surface area contributed by atoms with Crippen molar-refractivity contribution >= 4 is 51.4 Å². The van der Waals surface area contributed by atoms with Crippen molar-refractivity contribution in [1.82, 2.24) is 5.32 Å². The molecule has 1 rings (SSSR count). The van der Waals surface area contributed by atoms with Crippen LogP contribution in [0.25, 0.3) is 0 Å². The number of sulfone groups is 1. The molecule has 1 amide bonds. The third kappa shape index (κ3) is 5.53. The number of benzene rings is 1. The second-order valence-corrected chi connectivity index (χ2v) is 9.73. The first-order valence-electron chi connectivity index (χ1n) is 5.31. The number of hydrogen-bond acceptors (Lipinski definition) is 5. The van der Waals surface area contributed by atoms with Gasteiger partial charge in [-0.15, -0.1) is 0 Å². The van der Waals surface area contributed by atoms with Gasteiger partial charge in [0.1, 0.15) is 15.7 Å². The Morgan fingerprint density at radius 3 is 2.38 bits per heavy atom. The van der Waals surface area contributed by atoms with Gasteiger partial charge in [0.05, 0.1) is 16.2 Å². The molecule has 0 atom stereocenters. The summed E-state index contributed by atoms with van der Waals surface area (Å²) in [6.07, 6.45) is 0.984. The van der Waals surface area contributed by atoms with E-state index >= 15 is 0 Å². The van der Waals surface area contributed by atoms with Crippen molar-refractivity contribution in [2.75, 3.05) is 18.6 Å². The highest BCUT2D eigenvalue weighted by atomic mass is 79.9. The Hall–Kier alpha value is -0.710. The minimum absolute atomic E-state index is 0.123. The summed E-state index contributed by atoms with van der Waals surface area (Å²) in [6, 6.07) is 1.57. The molecule has 0 aliphatic carbocycles. The first-order chi connectivity index (χ1) is 9.42. The first-order valence-corrected chi connectivity index (χ1v) is 10.5. The van der Waals surface area contributed by atoms with Gasteiger partial charge in [-0.05, 0) is 28.1 Å². The molecule has 11 heteroatoms. The maximum absolute atomic E-state index is 13.7. The lowest BCUT2D eigenvalue weighted by Gasteiger charge is -2.08. The van der Waals surface area contributed by atoms with Crippen molar-refractivity contribution < 1.29 is 26.0 Å². The zero-order chi connectivity index (χ0) is 16.4. The van der Waals surface area contributed by atoms with Gasteiger partial charge in [0.15, 0.2) is 0 Å². The first kappa shape index (κ1) is 18.3. The minimum atomic E-state index is -4.17. The topological polar surface area (TPSA) is 97.4 Å². The van der Waals surface area contributed by atoms with Crippen LogP contribution in [0.5, 0.6) is 0 Å². The fourth-order valence-corrected chi connectivity index (χ4v) is 3.98. The Morgan fingerprint density at radius 2 is 1.90 bits per heavy atom. The van der Waals surface area contributed by atoms with E-state index in [0.29, 0.717) is 0 Å². The number of amides is 1. The predicted molar refractivity (Wildman–Crippen MR) is 79.2 cm³/mol. The Labute approximate surface area is 134 Å². The average molecular weight is 423 g/mol. The van der Waals surface area contributed by atoms with E-state index in [1.165, 1.54) is 0 Å². The molecule has 0 aromatic heterocycles. The van der Waals surface area contributed by atoms with Gasteiger partial charge >= 0.3 is 0 Å². The number of carbonyl (C=O) groups is 1. The Morgan fingerprint density at radius 1 is 1.33 bits per heavy atom. The molecule has 0 saturated carbocycles. The monoisotopic (exact) mass is 421 g/mol. The summed E-state index contributed by atoms with van der Waals surface area (Å²) in [5, 5.41) is 2.18. The van der Waals surface area contributed by atoms with Crippen LogP contribution >= 0.6 is 26.6 Å². The van der Waals surface area contributed by atoms with Crippen LogP contribution in [0.15, 0.2) is 21.5 Å². The summed E-state index contributed by atoms with van der Waals surface area (Å²) in [7, 11) is -2.28. The van der Waals surface area contributed by atoms with E-state index in [2.05, 4.69) is 21.2 Å². The molecule has 1 aromatic rings. The van der Waals surface area contributed by atoms with Crippen LogP contribution < -0.4 is 5.32 Å². The molecule has 21 heavy (non-hydrogen) atoms. The van der Waals surface area contributed by atoms with Crippen LogP contribution in [-0.2, 0) is 18.9 Å². The molecule has 0 bridgehead atoms. The van der Waals surface area contributed by atoms with Gasteiger partial charge < -0.3 is 5.32 Å². The van der Waals surface area contributed by atoms with Crippen LogP contribution in [0, 0.1) is 5.82 Å². The predicted octanol–water partition coefficient (Wildman–Crippen LogP) is 1.29. The standard InChI is InChI=1S/C10H10BrClFNO5S2/c1-20(16,17)3-2-14-10(15)6-4-9(21(12,18)19)7(11)5-8(6)13/h4-5H,2-3H2,1H3,(H,14,15). The van der Waals surface area contributed by atoms with Gasteiger partial charge in [-0.2, -0.15) is 0 Å². The zero-order valence-corrected chi connectivity index (χ0v) is 14.5. The number of rotatable bonds is 5. The van der Waals surface area contributed by atoms with E-state index < -0.39 is 41.1 Å². The Balaban J connectivity index is 3.05. The lowest BCUT2D eigenvalue weighted by molar-refractivity contribution is 0.0952. The molecule has 0 fully saturated rings. The molecule has 1 N–H and O–H groups in total. The molecule has 0 unspecified atom stereocenters. The van der Waals surface area contributed by atoms with Crippen LogP contribution in [-0.4, -0.2) is 41.3 Å². The fourth-order valence-electron chi connectivity index (χ4n) is 1.34. The average Bonchev–Trinajstić information content (AvgIpc) is 2.24. The highest BCUT2D eigenvalue weighted by molar-refractivity contribution is 9.10. The lowest BCUT2D eigenvalue weighted by atomic mass is 10.2. The fraction of sp³-hybridized carbons (Fsp3) is 0.300. The smallest absolute Gasteiger partial charge is 0.262 e. The Bertz CT molecular complexity index is 779. The van der Waals surface area contributed by atoms with Crippen molar-refractivity contribution in [2.45, 2.75) is 4.90 Å². The molecule has 0 aliphatic heterocycles. The molecule has 0 heterocycles. The summed E-state index contributed by atoms with van der Waals surface area (Å²) < 4.78 is 58.0. The van der Waals surface area contributed by atoms with Gasteiger partial charge in [-0.3, -0.25) is 4.79 Å². The highest BCUT2D eigenvalue weighted by Crippen LogP contribution is 2.28. The van der Waals surface area contributed by atoms with Gasteiger partial charge in [0.2, 0.25) is 0 Å². The van der Waals surface area contributed by atoms with Crippen molar-refractivity contribution in [3.8, 4) is 0 Å². The van der Waals surface area contributed by atoms with E-state index in [-0.39, 0.29) is 16.8 Å². The molecule has 118 valence electrons. The molecule has 1 aromatic carbocycles. The van der Waals surface area contributed by atoms with Crippen molar-refractivity contribution in [2.24, 2.45) is 0 Å². The van der Waals surface area contributed by atoms with Crippen LogP contribution in [0.3, 0.4) is 0 Å². The summed E-state index contributed by atoms with van der Waals surface area (Å²) in [4.78, 5) is 11.3. The van der Waals surface area contributed by atoms with Crippen LogP contribution in [0.2, 0.25) is 0 Å². The SMILES string of the molecule is CS(=O)(=O)CCNC(=O)c1cc(S(=O)(=O)Cl)c(Br)cc1F. The van der Waals surface area contributed by atoms with Crippen molar-refractivity contribution in [3.05, 3.63) is 28.0 Å². The maximum Gasteiger partial charge on any atom is 0.262 e. The summed E-state index contributed by atoms with van der Waals surface area (Å²) in [6.45, 7) is -0.226. The summed E-state index contributed by atoms with van der Waals surface area (Å²) in [5.41, 5.74) is -0.550. The number of nitrogens with one attached hydrogen (secondary N) is 1. The largest absolute Gasteiger partial charge is 0.351 e. The quantitative estimate of drug-likeness (QED) is 0.721. The Kier molecular flexibility index (Phi) is 5.76. The third-order valence-electron chi connectivity index (χ3n) is 2.29. The summed E-state index contributed by atoms with van der Waals surface area (Å²) >= 11 is 2.83. The van der Waals surface area contributed by atoms with Crippen molar-refractivity contribution in [3.63, 3.8) is 0 Å². The maximum atomic E-state index is 13.7. The summed E-state index contributed by atoms with van der Waals surface area (Å²) in [5.74, 6) is -2.23. The van der Waals surface area contributed by atoms with E-state index in [4.69, 9.17) is 10.7 Å². The molecule has 0 saturated heterocycles. The van der Waals surface area contributed by atoms with Gasteiger partial charge in [-0.25, -0.2) is 21.2 Å². The van der Waals surface area contributed by atoms with E-state index in [0.717, 1.165) is 18.4 Å². The van der Waals surface area contributed by atoms with E-state index in [1.54, 1.807) is 0 Å². The van der Waals surface area contributed by atoms with E-state index in [9.17, 15) is 26.0 Å². The van der Waals surface area contributed by atoms with E-state index in [1.807, 2.05) is 0 Å². The molecule has 0 aliphatic rings. The molecule has 6 nitrogen and oxygen atoms in total. The van der Waals surface area contributed by atoms with Crippen LogP contribution in [0.1, 0.15) is 10.4 Å². The second-order valence-electron chi connectivity index (χ2n) is 4.09. The van der Waals surface area contributed by atoms with Crippen LogP contribution in [0.4, 0.5) is 4.39 Å². The minimum Gasteiger partial charge on any atom is -0.351 e. The van der Waals surface area contributed by atoms with Gasteiger partial charge in [0.25, 0.3) is 15.0 Å². The molecule has 0 radical (unpaired) electrons. The molecular weight excluding hydrogens is 413 g/mol. The number of hydrogen-bond donors (Lipinski definition) is 1. The molecule has 0 spiro atoms. The third-order valence-corrected chi connectivity index (χ3v) is 5.51. The second kappa shape index (κ2) is 6.59. The molecular formula is C10H10BrClFNO5S2. The number of carbonyl (C=O) groups excluding carboxylic acids is 1. The van der Waals surface area contributed by atoms with Gasteiger partial charge in [-0.1, -0.05) is 0 Å². The number of halogens is 3. The lowest BCUT2D eigenvalue weighted by Crippen LogP contribution is -2.29. The normalized spacial score (nSPS) is 12.2. The van der Waals surface area contributed by atoms with Gasteiger partial charge in [0, 0.05) is 28.0 Å². The van der Waals surface area contributed by atoms with Crippen molar-refractivity contribution in [1.29, 1.82) is 0 Å².